The van der Waals surface area contributed by atoms with E-state index in [0.29, 0.717) is 13.2 Å². The summed E-state index contributed by atoms with van der Waals surface area (Å²) in [4.78, 5) is 15.3. The fourth-order valence-electron chi connectivity index (χ4n) is 1.77. The Balaban J connectivity index is 2.39. The molecule has 0 aliphatic carbocycles. The Bertz CT molecular complexity index is 415. The van der Waals surface area contributed by atoms with Gasteiger partial charge < -0.3 is 9.64 Å². The average molecular weight is 220 g/mol. The largest absolute Gasteiger partial charge is 0.490 e. The van der Waals surface area contributed by atoms with E-state index in [2.05, 4.69) is 0 Å². The van der Waals surface area contributed by atoms with E-state index in [9.17, 15) is 4.79 Å². The molecule has 0 spiro atoms. The number of amides is 2. The Morgan fingerprint density at radius 1 is 1.44 bits per heavy atom. The Kier molecular flexibility index (Phi) is 2.73. The second-order valence-corrected chi connectivity index (χ2v) is 4.15. The van der Waals surface area contributed by atoms with E-state index in [1.807, 2.05) is 25.1 Å². The van der Waals surface area contributed by atoms with Gasteiger partial charge in [-0.25, -0.2) is 4.79 Å². The van der Waals surface area contributed by atoms with Gasteiger partial charge in [0.25, 0.3) is 0 Å². The van der Waals surface area contributed by atoms with Gasteiger partial charge in [-0.3, -0.25) is 4.90 Å². The van der Waals surface area contributed by atoms with Gasteiger partial charge in [0, 0.05) is 14.1 Å². The summed E-state index contributed by atoms with van der Waals surface area (Å²) in [6.45, 7) is 3.16. The molecule has 2 amide bonds. The number of carbonyl (C=O) groups is 1. The first-order valence-corrected chi connectivity index (χ1v) is 5.32. The maximum atomic E-state index is 12.0. The van der Waals surface area contributed by atoms with Gasteiger partial charge in [0.05, 0.1) is 12.2 Å². The molecule has 0 unspecified atom stereocenters. The van der Waals surface area contributed by atoms with E-state index < -0.39 is 0 Å². The molecular weight excluding hydrogens is 204 g/mol. The number of nitrogens with zero attached hydrogens (tertiary/aromatic N) is 2. The van der Waals surface area contributed by atoms with Crippen LogP contribution in [0.2, 0.25) is 0 Å². The summed E-state index contributed by atoms with van der Waals surface area (Å²) in [7, 11) is 3.51. The topological polar surface area (TPSA) is 32.8 Å². The third-order valence-electron chi connectivity index (χ3n) is 2.59. The molecular formula is C12H16N2O2. The fraction of sp³-hybridized carbons (Fsp3) is 0.417. The number of hydrogen-bond donors (Lipinski definition) is 0. The zero-order valence-electron chi connectivity index (χ0n) is 9.86. The molecule has 1 aromatic carbocycles. The van der Waals surface area contributed by atoms with Crippen molar-refractivity contribution in [3.8, 4) is 5.75 Å². The van der Waals surface area contributed by atoms with Gasteiger partial charge in [-0.2, -0.15) is 0 Å². The molecule has 16 heavy (non-hydrogen) atoms. The van der Waals surface area contributed by atoms with Crippen LogP contribution in [0.15, 0.2) is 18.2 Å². The third-order valence-corrected chi connectivity index (χ3v) is 2.59. The maximum Gasteiger partial charge on any atom is 0.324 e. The van der Waals surface area contributed by atoms with Gasteiger partial charge in [0.1, 0.15) is 12.4 Å². The molecule has 1 aliphatic heterocycles. The molecule has 1 heterocycles. The molecule has 0 atom stereocenters. The molecule has 0 radical (unpaired) electrons. The number of benzene rings is 1. The first kappa shape index (κ1) is 10.8. The summed E-state index contributed by atoms with van der Waals surface area (Å²) in [5.74, 6) is 0.784. The molecule has 2 rings (SSSR count). The zero-order chi connectivity index (χ0) is 11.7. The highest BCUT2D eigenvalue weighted by Crippen LogP contribution is 2.32. The van der Waals surface area contributed by atoms with E-state index in [1.165, 1.54) is 0 Å². The van der Waals surface area contributed by atoms with Gasteiger partial charge in [-0.05, 0) is 24.6 Å². The van der Waals surface area contributed by atoms with Crippen molar-refractivity contribution in [1.82, 2.24) is 4.90 Å². The second-order valence-electron chi connectivity index (χ2n) is 4.15. The molecule has 0 bridgehead atoms. The number of ether oxygens (including phenoxy) is 1. The molecule has 86 valence electrons. The van der Waals surface area contributed by atoms with Gasteiger partial charge in [-0.15, -0.1) is 0 Å². The zero-order valence-corrected chi connectivity index (χ0v) is 9.86. The van der Waals surface area contributed by atoms with Crippen LogP contribution in [-0.2, 0) is 0 Å². The van der Waals surface area contributed by atoms with E-state index in [-0.39, 0.29) is 6.03 Å². The minimum Gasteiger partial charge on any atom is -0.490 e. The minimum atomic E-state index is -0.00449. The van der Waals surface area contributed by atoms with Crippen molar-refractivity contribution < 1.29 is 9.53 Å². The quantitative estimate of drug-likeness (QED) is 0.668. The number of aryl methyl sites for hydroxylation is 1. The highest BCUT2D eigenvalue weighted by Gasteiger charge is 2.24. The molecule has 1 aromatic rings. The van der Waals surface area contributed by atoms with Crippen LogP contribution < -0.4 is 9.64 Å². The molecule has 0 saturated heterocycles. The normalized spacial score (nSPS) is 14.1. The molecule has 1 aliphatic rings. The van der Waals surface area contributed by atoms with E-state index in [1.54, 1.807) is 23.9 Å². The van der Waals surface area contributed by atoms with Crippen molar-refractivity contribution in [2.45, 2.75) is 6.92 Å². The molecule has 0 fully saturated rings. The molecule has 0 saturated carbocycles. The summed E-state index contributed by atoms with van der Waals surface area (Å²) >= 11 is 0. The van der Waals surface area contributed by atoms with Crippen LogP contribution in [0.4, 0.5) is 10.5 Å². The predicted molar refractivity (Wildman–Crippen MR) is 63.1 cm³/mol. The lowest BCUT2D eigenvalue weighted by molar-refractivity contribution is 0.218. The lowest BCUT2D eigenvalue weighted by Gasteiger charge is -2.31. The highest BCUT2D eigenvalue weighted by atomic mass is 16.5. The van der Waals surface area contributed by atoms with Crippen molar-refractivity contribution in [3.63, 3.8) is 0 Å². The van der Waals surface area contributed by atoms with Crippen LogP contribution in [0.3, 0.4) is 0 Å². The smallest absolute Gasteiger partial charge is 0.324 e. The monoisotopic (exact) mass is 220 g/mol. The van der Waals surface area contributed by atoms with E-state index >= 15 is 0 Å². The van der Waals surface area contributed by atoms with Gasteiger partial charge in [-0.1, -0.05) is 6.07 Å². The summed E-state index contributed by atoms with van der Waals surface area (Å²) in [5, 5.41) is 0. The van der Waals surface area contributed by atoms with Crippen LogP contribution in [0, 0.1) is 6.92 Å². The Hall–Kier alpha value is -1.71. The molecule has 4 nitrogen and oxygen atoms in total. The summed E-state index contributed by atoms with van der Waals surface area (Å²) < 4.78 is 5.53. The SMILES string of the molecule is Cc1ccc2c(c1)N(C(=O)N(C)C)CCO2. The van der Waals surface area contributed by atoms with Gasteiger partial charge >= 0.3 is 6.03 Å². The van der Waals surface area contributed by atoms with Crippen molar-refractivity contribution in [1.29, 1.82) is 0 Å². The molecule has 0 aromatic heterocycles. The number of hydrogen-bond acceptors (Lipinski definition) is 2. The third kappa shape index (κ3) is 1.83. The van der Waals surface area contributed by atoms with Crippen molar-refractivity contribution >= 4 is 11.7 Å². The Morgan fingerprint density at radius 2 is 2.19 bits per heavy atom. The maximum absolute atomic E-state index is 12.0. The number of fused-ring (bicyclic) bond motifs is 1. The minimum absolute atomic E-state index is 0.00449. The predicted octanol–water partition coefficient (Wildman–Crippen LogP) is 1.88. The Morgan fingerprint density at radius 3 is 2.88 bits per heavy atom. The van der Waals surface area contributed by atoms with E-state index in [0.717, 1.165) is 17.0 Å². The van der Waals surface area contributed by atoms with Gasteiger partial charge in [0.2, 0.25) is 0 Å². The average Bonchev–Trinajstić information content (AvgIpc) is 2.27. The summed E-state index contributed by atoms with van der Waals surface area (Å²) in [6.07, 6.45) is 0. The van der Waals surface area contributed by atoms with Crippen LogP contribution >= 0.6 is 0 Å². The second kappa shape index (κ2) is 4.04. The van der Waals surface area contributed by atoms with Crippen LogP contribution in [0.1, 0.15) is 5.56 Å². The first-order valence-electron chi connectivity index (χ1n) is 5.32. The van der Waals surface area contributed by atoms with Crippen LogP contribution in [0.25, 0.3) is 0 Å². The first-order chi connectivity index (χ1) is 7.59. The van der Waals surface area contributed by atoms with Crippen molar-refractivity contribution in [2.75, 3.05) is 32.1 Å². The number of rotatable bonds is 0. The molecule has 0 N–H and O–H groups in total. The lowest BCUT2D eigenvalue weighted by atomic mass is 10.1. The standard InChI is InChI=1S/C12H16N2O2/c1-9-4-5-11-10(8-9)14(6-7-16-11)12(15)13(2)3/h4-5,8H,6-7H2,1-3H3. The summed E-state index contributed by atoms with van der Waals surface area (Å²) in [5.41, 5.74) is 1.99. The number of anilines is 1. The van der Waals surface area contributed by atoms with Crippen molar-refractivity contribution in [3.05, 3.63) is 23.8 Å². The van der Waals surface area contributed by atoms with E-state index in [4.69, 9.17) is 4.74 Å². The van der Waals surface area contributed by atoms with Crippen LogP contribution in [0.5, 0.6) is 5.75 Å². The molecule has 4 heteroatoms. The summed E-state index contributed by atoms with van der Waals surface area (Å²) in [6, 6.07) is 5.88. The van der Waals surface area contributed by atoms with Crippen molar-refractivity contribution in [2.24, 2.45) is 0 Å². The highest BCUT2D eigenvalue weighted by molar-refractivity contribution is 5.93. The van der Waals surface area contributed by atoms with Gasteiger partial charge in [0.15, 0.2) is 0 Å². The Labute approximate surface area is 95.4 Å². The number of carbonyl (C=O) groups excluding carboxylic acids is 1. The number of urea groups is 1. The lowest BCUT2D eigenvalue weighted by Crippen LogP contribution is -2.43. The van der Waals surface area contributed by atoms with Crippen LogP contribution in [-0.4, -0.2) is 38.2 Å². The fourth-order valence-corrected chi connectivity index (χ4v) is 1.77.